The molecule has 0 aromatic heterocycles. The average Bonchev–Trinajstić information content (AvgIpc) is 2.66. The van der Waals surface area contributed by atoms with Gasteiger partial charge in [0.05, 0.1) is 17.3 Å². The summed E-state index contributed by atoms with van der Waals surface area (Å²) in [6.45, 7) is 1.87. The lowest BCUT2D eigenvalue weighted by atomic mass is 9.95. The molecule has 0 spiro atoms. The molecule has 27 heavy (non-hydrogen) atoms. The van der Waals surface area contributed by atoms with Gasteiger partial charge in [-0.15, -0.1) is 0 Å². The van der Waals surface area contributed by atoms with Gasteiger partial charge in [-0.2, -0.15) is 0 Å². The summed E-state index contributed by atoms with van der Waals surface area (Å²) in [7, 11) is 0. The summed E-state index contributed by atoms with van der Waals surface area (Å²) in [4.78, 5) is 12.8. The van der Waals surface area contributed by atoms with Crippen LogP contribution in [0.5, 0.6) is 0 Å². The maximum absolute atomic E-state index is 12.8. The lowest BCUT2D eigenvalue weighted by molar-refractivity contribution is -0.140. The molecule has 0 aliphatic carbocycles. The molecule has 2 aromatic rings. The molecule has 3 rings (SSSR count). The second-order valence-electron chi connectivity index (χ2n) is 6.00. The summed E-state index contributed by atoms with van der Waals surface area (Å²) < 4.78 is 5.46. The molecule has 1 aliphatic rings. The van der Waals surface area contributed by atoms with Crippen LogP contribution >= 0.6 is 12.2 Å². The first-order valence-corrected chi connectivity index (χ1v) is 8.62. The van der Waals surface area contributed by atoms with Gasteiger partial charge < -0.3 is 25.8 Å². The van der Waals surface area contributed by atoms with E-state index in [2.05, 4.69) is 10.6 Å². The predicted molar refractivity (Wildman–Crippen MR) is 105 cm³/mol. The molecule has 0 amide bonds. The number of rotatable bonds is 5. The number of nitrogens with one attached hydrogen (secondary N) is 2. The van der Waals surface area contributed by atoms with Crippen LogP contribution in [0.2, 0.25) is 0 Å². The molecule has 1 aliphatic heterocycles. The first-order valence-electron chi connectivity index (χ1n) is 8.21. The minimum absolute atomic E-state index is 0.0495. The average molecular weight is 384 g/mol. The van der Waals surface area contributed by atoms with E-state index in [1.165, 1.54) is 12.1 Å². The number of carbonyl (C=O) groups is 1. The maximum atomic E-state index is 12.8. The maximum Gasteiger partial charge on any atom is 0.338 e. The molecule has 7 nitrogen and oxygen atoms in total. The van der Waals surface area contributed by atoms with Crippen molar-refractivity contribution in [1.82, 2.24) is 10.6 Å². The number of carbonyl (C=O) groups excluding carboxylic acids is 1. The van der Waals surface area contributed by atoms with Gasteiger partial charge in [0.15, 0.2) is 5.11 Å². The Balaban J connectivity index is 1.87. The zero-order valence-electron chi connectivity index (χ0n) is 14.5. The van der Waals surface area contributed by atoms with Crippen molar-refractivity contribution >= 4 is 29.0 Å². The Morgan fingerprint density at radius 1 is 1.26 bits per heavy atom. The Morgan fingerprint density at radius 2 is 2.00 bits per heavy atom. The van der Waals surface area contributed by atoms with Gasteiger partial charge in [0.1, 0.15) is 6.61 Å². The number of anilines is 1. The van der Waals surface area contributed by atoms with E-state index in [9.17, 15) is 10.0 Å². The largest absolute Gasteiger partial charge is 0.733 e. The van der Waals surface area contributed by atoms with Gasteiger partial charge in [0.2, 0.25) is 0 Å². The molecule has 8 heteroatoms. The second-order valence-corrected chi connectivity index (χ2v) is 6.41. The van der Waals surface area contributed by atoms with Gasteiger partial charge in [0, 0.05) is 5.70 Å². The summed E-state index contributed by atoms with van der Waals surface area (Å²) >= 11 is 5.19. The van der Waals surface area contributed by atoms with Gasteiger partial charge in [-0.1, -0.05) is 42.5 Å². The van der Waals surface area contributed by atoms with Crippen LogP contribution in [0.1, 0.15) is 24.1 Å². The highest BCUT2D eigenvalue weighted by Gasteiger charge is 2.31. The molecule has 0 fully saturated rings. The van der Waals surface area contributed by atoms with E-state index in [0.29, 0.717) is 21.9 Å². The zero-order valence-corrected chi connectivity index (χ0v) is 15.3. The molecular formula is C19H18N3O4S-. The number of thiocarbonyl (C=S) groups is 1. The molecule has 1 atom stereocenters. The molecule has 0 saturated heterocycles. The Bertz CT molecular complexity index is 884. The number of allylic oxidation sites excluding steroid dienone is 1. The number of hydrogen-bond donors (Lipinski definition) is 3. The van der Waals surface area contributed by atoms with E-state index < -0.39 is 12.0 Å². The van der Waals surface area contributed by atoms with E-state index in [1.807, 2.05) is 30.3 Å². The van der Waals surface area contributed by atoms with Gasteiger partial charge in [-0.05, 0) is 42.4 Å². The third kappa shape index (κ3) is 4.43. The third-order valence-corrected chi connectivity index (χ3v) is 4.35. The minimum Gasteiger partial charge on any atom is -0.733 e. The molecule has 0 bridgehead atoms. The molecule has 2 aromatic carbocycles. The van der Waals surface area contributed by atoms with Crippen LogP contribution in [-0.4, -0.2) is 16.3 Å². The van der Waals surface area contributed by atoms with Crippen molar-refractivity contribution in [2.24, 2.45) is 0 Å². The van der Waals surface area contributed by atoms with Crippen molar-refractivity contribution < 1.29 is 14.7 Å². The highest BCUT2D eigenvalue weighted by Crippen LogP contribution is 2.30. The summed E-state index contributed by atoms with van der Waals surface area (Å²) in [6, 6.07) is 15.0. The standard InChI is InChI=1S/C19H18N3O4S/c1-12-16(18(23)26-11-13-6-3-2-4-7-13)17(21-19(27)20-12)14-8-5-9-15(10-14)22(24)25/h2-10,17,24H,11H2,1H3,(H2,20,21,27)/q-1/t17-/m0/s1. The molecule has 0 radical (unpaired) electrons. The van der Waals surface area contributed by atoms with Crippen molar-refractivity contribution in [2.75, 3.05) is 5.23 Å². The number of benzene rings is 2. The van der Waals surface area contributed by atoms with Crippen molar-refractivity contribution in [3.8, 4) is 0 Å². The Kier molecular flexibility index (Phi) is 5.70. The Hall–Kier alpha value is -2.94. The minimum atomic E-state index is -0.609. The van der Waals surface area contributed by atoms with E-state index in [-0.39, 0.29) is 17.5 Å². The Labute approximate surface area is 161 Å². The summed E-state index contributed by atoms with van der Waals surface area (Å²) in [5.41, 5.74) is 2.44. The fourth-order valence-corrected chi connectivity index (χ4v) is 3.11. The third-order valence-electron chi connectivity index (χ3n) is 4.13. The SMILES string of the molecule is CC1=C(C(=O)OCc2ccccc2)[C@H](c2cccc(N([O-])O)c2)NC(=S)N1. The number of hydrogen-bond acceptors (Lipinski definition) is 6. The molecule has 140 valence electrons. The van der Waals surface area contributed by atoms with Crippen molar-refractivity contribution in [3.05, 3.63) is 82.2 Å². The van der Waals surface area contributed by atoms with Crippen LogP contribution in [0.4, 0.5) is 5.69 Å². The highest BCUT2D eigenvalue weighted by molar-refractivity contribution is 7.80. The topological polar surface area (TPSA) is 96.9 Å². The number of ether oxygens (including phenoxy) is 1. The highest BCUT2D eigenvalue weighted by atomic mass is 32.1. The van der Waals surface area contributed by atoms with E-state index in [0.717, 1.165) is 5.56 Å². The van der Waals surface area contributed by atoms with Crippen LogP contribution < -0.4 is 15.9 Å². The summed E-state index contributed by atoms with van der Waals surface area (Å²) in [5, 5.41) is 26.4. The first kappa shape index (κ1) is 18.8. The summed E-state index contributed by atoms with van der Waals surface area (Å²) in [6.07, 6.45) is 0. The normalized spacial score (nSPS) is 16.4. The molecular weight excluding hydrogens is 366 g/mol. The van der Waals surface area contributed by atoms with Crippen molar-refractivity contribution in [1.29, 1.82) is 0 Å². The van der Waals surface area contributed by atoms with E-state index in [1.54, 1.807) is 19.1 Å². The fourth-order valence-electron chi connectivity index (χ4n) is 2.84. The Morgan fingerprint density at radius 3 is 2.70 bits per heavy atom. The predicted octanol–water partition coefficient (Wildman–Crippen LogP) is 2.92. The summed E-state index contributed by atoms with van der Waals surface area (Å²) in [5.74, 6) is -0.503. The molecule has 0 saturated carbocycles. The van der Waals surface area contributed by atoms with Crippen molar-refractivity contribution in [3.63, 3.8) is 0 Å². The lowest BCUT2D eigenvalue weighted by Gasteiger charge is -2.31. The van der Waals surface area contributed by atoms with Gasteiger partial charge in [-0.25, -0.2) is 4.79 Å². The van der Waals surface area contributed by atoms with Crippen LogP contribution in [0.25, 0.3) is 0 Å². The number of esters is 1. The fraction of sp³-hybridized carbons (Fsp3) is 0.158. The van der Waals surface area contributed by atoms with Crippen LogP contribution in [-0.2, 0) is 16.1 Å². The van der Waals surface area contributed by atoms with Crippen LogP contribution in [0, 0.1) is 5.21 Å². The first-order chi connectivity index (χ1) is 13.0. The van der Waals surface area contributed by atoms with Gasteiger partial charge in [0.25, 0.3) is 0 Å². The number of nitrogens with zero attached hydrogens (tertiary/aromatic N) is 1. The van der Waals surface area contributed by atoms with Crippen LogP contribution in [0.3, 0.4) is 0 Å². The van der Waals surface area contributed by atoms with Crippen LogP contribution in [0.15, 0.2) is 65.9 Å². The van der Waals surface area contributed by atoms with Crippen molar-refractivity contribution in [2.45, 2.75) is 19.6 Å². The van der Waals surface area contributed by atoms with E-state index in [4.69, 9.17) is 22.2 Å². The lowest BCUT2D eigenvalue weighted by Crippen LogP contribution is -2.45. The smallest absolute Gasteiger partial charge is 0.338 e. The molecule has 0 unspecified atom stereocenters. The second kappa shape index (κ2) is 8.17. The van der Waals surface area contributed by atoms with E-state index >= 15 is 0 Å². The molecule has 1 heterocycles. The van der Waals surface area contributed by atoms with Gasteiger partial charge >= 0.3 is 5.97 Å². The zero-order chi connectivity index (χ0) is 19.4. The monoisotopic (exact) mass is 384 g/mol. The molecule has 3 N–H and O–H groups in total. The quantitative estimate of drug-likeness (QED) is 0.411. The van der Waals surface area contributed by atoms with Gasteiger partial charge in [-0.3, -0.25) is 5.21 Å².